The maximum atomic E-state index is 13.9. The van der Waals surface area contributed by atoms with Crippen molar-refractivity contribution < 1.29 is 18.0 Å². The van der Waals surface area contributed by atoms with E-state index in [1.807, 2.05) is 0 Å². The molecule has 1 atom stereocenters. The molecule has 8 heteroatoms. The van der Waals surface area contributed by atoms with Crippen LogP contribution in [0.5, 0.6) is 0 Å². The summed E-state index contributed by atoms with van der Waals surface area (Å²) in [5.41, 5.74) is 1.17. The predicted molar refractivity (Wildman–Crippen MR) is 87.6 cm³/mol. The minimum atomic E-state index is -0.772. The van der Waals surface area contributed by atoms with Gasteiger partial charge in [-0.3, -0.25) is 9.78 Å². The Bertz CT molecular complexity index is 1010. The Morgan fingerprint density at radius 1 is 1.16 bits per heavy atom. The molecule has 2 N–H and O–H groups in total. The van der Waals surface area contributed by atoms with Crippen LogP contribution < -0.4 is 16.0 Å². The van der Waals surface area contributed by atoms with Gasteiger partial charge in [0.1, 0.15) is 23.4 Å². The van der Waals surface area contributed by atoms with Crippen molar-refractivity contribution in [1.29, 1.82) is 0 Å². The summed E-state index contributed by atoms with van der Waals surface area (Å²) < 4.78 is 32.7. The molecule has 6 nitrogen and oxygen atoms in total. The summed E-state index contributed by atoms with van der Waals surface area (Å²) in [7, 11) is 0. The lowest BCUT2D eigenvalue weighted by Gasteiger charge is -2.19. The molecule has 3 aromatic rings. The molecule has 1 saturated heterocycles. The van der Waals surface area contributed by atoms with E-state index < -0.39 is 29.3 Å². The van der Waals surface area contributed by atoms with Gasteiger partial charge in [-0.1, -0.05) is 6.07 Å². The van der Waals surface area contributed by atoms with Gasteiger partial charge in [0, 0.05) is 12.2 Å². The van der Waals surface area contributed by atoms with Gasteiger partial charge in [0.15, 0.2) is 5.58 Å². The second-order valence-corrected chi connectivity index (χ2v) is 5.77. The number of carbonyl (C=O) groups is 1. The fourth-order valence-electron chi connectivity index (χ4n) is 3.03. The fourth-order valence-corrected chi connectivity index (χ4v) is 3.03. The number of nitrogens with zero attached hydrogens (tertiary/aromatic N) is 1. The van der Waals surface area contributed by atoms with Gasteiger partial charge in [0.05, 0.1) is 5.52 Å². The molecule has 0 radical (unpaired) electrons. The monoisotopic (exact) mass is 345 g/mol. The molecule has 1 amide bonds. The third-order valence-corrected chi connectivity index (χ3v) is 4.17. The van der Waals surface area contributed by atoms with Crippen LogP contribution in [0.4, 0.5) is 20.2 Å². The van der Waals surface area contributed by atoms with Crippen molar-refractivity contribution in [3.63, 3.8) is 0 Å². The first kappa shape index (κ1) is 15.4. The van der Waals surface area contributed by atoms with Gasteiger partial charge < -0.3 is 14.6 Å². The molecular weight excluding hydrogens is 332 g/mol. The average molecular weight is 345 g/mol. The minimum Gasteiger partial charge on any atom is -0.408 e. The molecule has 4 rings (SSSR count). The van der Waals surface area contributed by atoms with Crippen molar-refractivity contribution >= 4 is 28.4 Å². The van der Waals surface area contributed by atoms with Gasteiger partial charge >= 0.3 is 5.76 Å². The highest BCUT2D eigenvalue weighted by molar-refractivity contribution is 6.01. The third kappa shape index (κ3) is 2.65. The Kier molecular flexibility index (Phi) is 3.52. The first-order valence-electron chi connectivity index (χ1n) is 7.68. The molecule has 25 heavy (non-hydrogen) atoms. The number of fused-ring (bicyclic) bond motifs is 1. The number of amides is 1. The number of hydrogen-bond acceptors (Lipinski definition) is 4. The molecule has 2 heterocycles. The van der Waals surface area contributed by atoms with Crippen LogP contribution >= 0.6 is 0 Å². The van der Waals surface area contributed by atoms with Gasteiger partial charge in [0.2, 0.25) is 5.91 Å². The van der Waals surface area contributed by atoms with Crippen molar-refractivity contribution in [2.45, 2.75) is 12.5 Å². The van der Waals surface area contributed by atoms with E-state index in [4.69, 9.17) is 4.42 Å². The summed E-state index contributed by atoms with van der Waals surface area (Å²) in [4.78, 5) is 27.4. The molecule has 1 aliphatic rings. The zero-order chi connectivity index (χ0) is 17.6. The van der Waals surface area contributed by atoms with Gasteiger partial charge in [0.25, 0.3) is 0 Å². The summed E-state index contributed by atoms with van der Waals surface area (Å²) in [5.74, 6) is -2.52. The lowest BCUT2D eigenvalue weighted by atomic mass is 10.2. The number of H-pyrrole nitrogens is 1. The SMILES string of the molecule is O=C1[C@H](Nc2ccc3oc(=O)[nH]c3c2)CCN1c1c(F)cccc1F. The Hall–Kier alpha value is -3.16. The third-order valence-electron chi connectivity index (χ3n) is 4.17. The maximum absolute atomic E-state index is 13.9. The number of hydrogen-bond donors (Lipinski definition) is 2. The van der Waals surface area contributed by atoms with E-state index in [1.54, 1.807) is 18.2 Å². The van der Waals surface area contributed by atoms with E-state index in [9.17, 15) is 18.4 Å². The average Bonchev–Trinajstić information content (AvgIpc) is 3.10. The first-order valence-corrected chi connectivity index (χ1v) is 7.68. The van der Waals surface area contributed by atoms with Crippen molar-refractivity contribution in [2.24, 2.45) is 0 Å². The highest BCUT2D eigenvalue weighted by Crippen LogP contribution is 2.29. The minimum absolute atomic E-state index is 0.207. The molecule has 0 unspecified atom stereocenters. The van der Waals surface area contributed by atoms with Gasteiger partial charge in [-0.2, -0.15) is 0 Å². The smallest absolute Gasteiger partial charge is 0.408 e. The summed E-state index contributed by atoms with van der Waals surface area (Å²) in [6.07, 6.45) is 0.395. The number of carbonyl (C=O) groups excluding carboxylic acids is 1. The van der Waals surface area contributed by atoms with Crippen LogP contribution in [0.1, 0.15) is 6.42 Å². The van der Waals surface area contributed by atoms with Gasteiger partial charge in [-0.25, -0.2) is 13.6 Å². The molecule has 0 bridgehead atoms. The van der Waals surface area contributed by atoms with E-state index >= 15 is 0 Å². The molecule has 1 aliphatic heterocycles. The van der Waals surface area contributed by atoms with E-state index in [0.717, 1.165) is 17.0 Å². The Labute approximate surface area is 140 Å². The number of aromatic amines is 1. The van der Waals surface area contributed by atoms with Crippen LogP contribution in [-0.4, -0.2) is 23.5 Å². The molecule has 1 fully saturated rings. The van der Waals surface area contributed by atoms with E-state index in [2.05, 4.69) is 10.3 Å². The number of aromatic nitrogens is 1. The van der Waals surface area contributed by atoms with Crippen molar-refractivity contribution in [3.8, 4) is 0 Å². The van der Waals surface area contributed by atoms with Crippen LogP contribution in [0.2, 0.25) is 0 Å². The normalized spacial score (nSPS) is 17.4. The zero-order valence-electron chi connectivity index (χ0n) is 12.9. The number of para-hydroxylation sites is 1. The summed E-state index contributed by atoms with van der Waals surface area (Å²) in [5, 5.41) is 3.03. The highest BCUT2D eigenvalue weighted by Gasteiger charge is 2.35. The lowest BCUT2D eigenvalue weighted by molar-refractivity contribution is -0.117. The number of oxazole rings is 1. The van der Waals surface area contributed by atoms with Crippen LogP contribution in [-0.2, 0) is 4.79 Å². The Morgan fingerprint density at radius 2 is 1.92 bits per heavy atom. The molecule has 2 aromatic carbocycles. The summed E-state index contributed by atoms with van der Waals surface area (Å²) in [6, 6.07) is 7.79. The zero-order valence-corrected chi connectivity index (χ0v) is 12.9. The van der Waals surface area contributed by atoms with E-state index in [1.165, 1.54) is 6.07 Å². The fraction of sp³-hybridized carbons (Fsp3) is 0.176. The second-order valence-electron chi connectivity index (χ2n) is 5.77. The molecule has 128 valence electrons. The Balaban J connectivity index is 1.58. The maximum Gasteiger partial charge on any atom is 0.417 e. The largest absolute Gasteiger partial charge is 0.417 e. The van der Waals surface area contributed by atoms with E-state index in [0.29, 0.717) is 23.2 Å². The van der Waals surface area contributed by atoms with Crippen molar-refractivity contribution in [1.82, 2.24) is 4.98 Å². The van der Waals surface area contributed by atoms with Gasteiger partial charge in [-0.15, -0.1) is 0 Å². The molecule has 0 aliphatic carbocycles. The second kappa shape index (κ2) is 5.73. The van der Waals surface area contributed by atoms with Crippen molar-refractivity contribution in [2.75, 3.05) is 16.8 Å². The number of rotatable bonds is 3. The first-order chi connectivity index (χ1) is 12.0. The van der Waals surface area contributed by atoms with Crippen LogP contribution in [0.25, 0.3) is 11.1 Å². The van der Waals surface area contributed by atoms with E-state index in [-0.39, 0.29) is 12.2 Å². The number of halogens is 2. The van der Waals surface area contributed by atoms with Gasteiger partial charge in [-0.05, 0) is 36.8 Å². The summed E-state index contributed by atoms with van der Waals surface area (Å²) >= 11 is 0. The standard InChI is InChI=1S/C17H13F2N3O3/c18-10-2-1-3-11(19)15(10)22-7-6-12(16(22)23)20-9-4-5-14-13(8-9)21-17(24)25-14/h1-5,8,12,20H,6-7H2,(H,21,24)/t12-/m1/s1. The lowest BCUT2D eigenvalue weighted by Crippen LogP contribution is -2.34. The topological polar surface area (TPSA) is 78.3 Å². The number of nitrogens with one attached hydrogen (secondary N) is 2. The molecular formula is C17H13F2N3O3. The molecule has 0 saturated carbocycles. The molecule has 1 aromatic heterocycles. The van der Waals surface area contributed by atoms with Crippen LogP contribution in [0.3, 0.4) is 0 Å². The summed E-state index contributed by atoms with van der Waals surface area (Å²) in [6.45, 7) is 0.207. The highest BCUT2D eigenvalue weighted by atomic mass is 19.1. The van der Waals surface area contributed by atoms with Crippen LogP contribution in [0, 0.1) is 11.6 Å². The quantitative estimate of drug-likeness (QED) is 0.765. The Morgan fingerprint density at radius 3 is 2.68 bits per heavy atom. The van der Waals surface area contributed by atoms with Crippen molar-refractivity contribution in [3.05, 3.63) is 58.6 Å². The molecule has 0 spiro atoms. The number of benzene rings is 2. The van der Waals surface area contributed by atoms with Crippen LogP contribution in [0.15, 0.2) is 45.6 Å². The predicted octanol–water partition coefficient (Wildman–Crippen LogP) is 2.62. The number of anilines is 2.